The predicted octanol–water partition coefficient (Wildman–Crippen LogP) is 2.83. The highest BCUT2D eigenvalue weighted by molar-refractivity contribution is 5.78. The van der Waals surface area contributed by atoms with Crippen LogP contribution in [0.5, 0.6) is 5.75 Å². The van der Waals surface area contributed by atoms with Gasteiger partial charge in [0, 0.05) is 44.5 Å². The first kappa shape index (κ1) is 20.7. The van der Waals surface area contributed by atoms with Gasteiger partial charge in [-0.25, -0.2) is 9.78 Å². The third-order valence-electron chi connectivity index (χ3n) is 5.83. The van der Waals surface area contributed by atoms with Gasteiger partial charge in [-0.3, -0.25) is 0 Å². The van der Waals surface area contributed by atoms with E-state index in [1.54, 1.807) is 11.6 Å². The van der Waals surface area contributed by atoms with E-state index < -0.39 is 0 Å². The SMILES string of the molecule is COc1ccc(-c2cnc3ncnn3c2N2CCN(C(=O)NCc3ccccc3)CC2)cc1. The number of ether oxygens (including phenoxy) is 1. The Hall–Kier alpha value is -4.14. The standard InChI is InChI=1S/C24H25N7O2/c1-33-20-9-7-19(8-10-20)21-16-25-23-27-17-28-31(23)22(21)29-11-13-30(14-12-29)24(32)26-15-18-5-3-2-4-6-18/h2-10,16-17H,11-15H2,1H3,(H,26,32). The molecule has 2 aromatic heterocycles. The van der Waals surface area contributed by atoms with E-state index >= 15 is 0 Å². The summed E-state index contributed by atoms with van der Waals surface area (Å²) in [5, 5.41) is 7.43. The number of nitrogens with zero attached hydrogens (tertiary/aromatic N) is 6. The Morgan fingerprint density at radius 3 is 2.48 bits per heavy atom. The number of methoxy groups -OCH3 is 1. The Labute approximate surface area is 191 Å². The van der Waals surface area contributed by atoms with Gasteiger partial charge in [-0.15, -0.1) is 0 Å². The van der Waals surface area contributed by atoms with Gasteiger partial charge in [0.25, 0.3) is 5.78 Å². The third-order valence-corrected chi connectivity index (χ3v) is 5.83. The molecule has 0 aliphatic carbocycles. The number of piperazine rings is 1. The summed E-state index contributed by atoms with van der Waals surface area (Å²) in [6.07, 6.45) is 3.34. The number of hydrogen-bond acceptors (Lipinski definition) is 6. The molecule has 2 aromatic carbocycles. The monoisotopic (exact) mass is 443 g/mol. The Morgan fingerprint density at radius 2 is 1.76 bits per heavy atom. The van der Waals surface area contributed by atoms with Crippen molar-refractivity contribution in [2.45, 2.75) is 6.54 Å². The summed E-state index contributed by atoms with van der Waals surface area (Å²) < 4.78 is 7.06. The van der Waals surface area contributed by atoms with Gasteiger partial charge in [-0.2, -0.15) is 14.6 Å². The van der Waals surface area contributed by atoms with Crippen LogP contribution in [0.1, 0.15) is 5.56 Å². The number of aromatic nitrogens is 4. The third kappa shape index (κ3) is 4.30. The van der Waals surface area contributed by atoms with Crippen LogP contribution in [-0.2, 0) is 6.54 Å². The summed E-state index contributed by atoms with van der Waals surface area (Å²) in [6, 6.07) is 17.8. The first-order valence-corrected chi connectivity index (χ1v) is 10.9. The van der Waals surface area contributed by atoms with Gasteiger partial charge in [0.15, 0.2) is 0 Å². The molecule has 0 spiro atoms. The zero-order valence-electron chi connectivity index (χ0n) is 18.4. The van der Waals surface area contributed by atoms with Gasteiger partial charge in [-0.1, -0.05) is 42.5 Å². The molecule has 2 amide bonds. The summed E-state index contributed by atoms with van der Waals surface area (Å²) in [7, 11) is 1.65. The first-order valence-electron chi connectivity index (χ1n) is 10.9. The summed E-state index contributed by atoms with van der Waals surface area (Å²) in [4.78, 5) is 25.5. The van der Waals surface area contributed by atoms with Crippen LogP contribution in [-0.4, -0.2) is 63.8 Å². The van der Waals surface area contributed by atoms with Crippen molar-refractivity contribution in [3.63, 3.8) is 0 Å². The fraction of sp³-hybridized carbons (Fsp3) is 0.250. The molecule has 1 fully saturated rings. The molecule has 5 rings (SSSR count). The highest BCUT2D eigenvalue weighted by Gasteiger charge is 2.25. The van der Waals surface area contributed by atoms with Crippen molar-refractivity contribution in [2.75, 3.05) is 38.2 Å². The lowest BCUT2D eigenvalue weighted by molar-refractivity contribution is 0.193. The number of fused-ring (bicyclic) bond motifs is 1. The van der Waals surface area contributed by atoms with Crippen molar-refractivity contribution in [3.8, 4) is 16.9 Å². The van der Waals surface area contributed by atoms with Crippen LogP contribution in [0.15, 0.2) is 67.1 Å². The summed E-state index contributed by atoms with van der Waals surface area (Å²) in [6.45, 7) is 3.11. The quantitative estimate of drug-likeness (QED) is 0.510. The fourth-order valence-corrected chi connectivity index (χ4v) is 4.05. The summed E-state index contributed by atoms with van der Waals surface area (Å²) in [5.41, 5.74) is 3.05. The van der Waals surface area contributed by atoms with Crippen LogP contribution in [0, 0.1) is 0 Å². The van der Waals surface area contributed by atoms with E-state index in [4.69, 9.17) is 4.74 Å². The molecule has 1 aliphatic heterocycles. The molecule has 9 nitrogen and oxygen atoms in total. The van der Waals surface area contributed by atoms with Gasteiger partial charge in [0.2, 0.25) is 0 Å². The average Bonchev–Trinajstić information content (AvgIpc) is 3.36. The number of nitrogens with one attached hydrogen (secondary N) is 1. The van der Waals surface area contributed by atoms with E-state index in [9.17, 15) is 4.79 Å². The minimum absolute atomic E-state index is 0.0467. The van der Waals surface area contributed by atoms with E-state index in [1.807, 2.05) is 65.7 Å². The van der Waals surface area contributed by atoms with E-state index in [0.717, 1.165) is 28.3 Å². The van der Waals surface area contributed by atoms with Crippen LogP contribution in [0.3, 0.4) is 0 Å². The molecule has 0 saturated carbocycles. The Morgan fingerprint density at radius 1 is 1.00 bits per heavy atom. The molecule has 0 bridgehead atoms. The number of rotatable bonds is 5. The average molecular weight is 444 g/mol. The molecule has 0 unspecified atom stereocenters. The molecular weight excluding hydrogens is 418 g/mol. The first-order chi connectivity index (χ1) is 16.2. The Kier molecular flexibility index (Phi) is 5.75. The minimum atomic E-state index is -0.0467. The lowest BCUT2D eigenvalue weighted by atomic mass is 10.1. The van der Waals surface area contributed by atoms with E-state index in [-0.39, 0.29) is 6.03 Å². The second-order valence-corrected chi connectivity index (χ2v) is 7.81. The van der Waals surface area contributed by atoms with E-state index in [0.29, 0.717) is 38.5 Å². The second kappa shape index (κ2) is 9.15. The number of urea groups is 1. The molecule has 1 N–H and O–H groups in total. The summed E-state index contributed by atoms with van der Waals surface area (Å²) >= 11 is 0. The maximum atomic E-state index is 12.7. The van der Waals surface area contributed by atoms with E-state index in [2.05, 4.69) is 25.3 Å². The molecule has 168 valence electrons. The van der Waals surface area contributed by atoms with Crippen molar-refractivity contribution in [3.05, 3.63) is 72.7 Å². The molecular formula is C24H25N7O2. The van der Waals surface area contributed by atoms with Crippen molar-refractivity contribution in [1.29, 1.82) is 0 Å². The second-order valence-electron chi connectivity index (χ2n) is 7.81. The summed E-state index contributed by atoms with van der Waals surface area (Å²) in [5.74, 6) is 2.27. The van der Waals surface area contributed by atoms with Crippen molar-refractivity contribution in [1.82, 2.24) is 29.8 Å². The molecule has 3 heterocycles. The smallest absolute Gasteiger partial charge is 0.317 e. The molecule has 1 saturated heterocycles. The molecule has 0 atom stereocenters. The van der Waals surface area contributed by atoms with Crippen LogP contribution in [0.4, 0.5) is 10.6 Å². The topological polar surface area (TPSA) is 87.9 Å². The number of carbonyl (C=O) groups is 1. The fourth-order valence-electron chi connectivity index (χ4n) is 4.05. The lowest BCUT2D eigenvalue weighted by Gasteiger charge is -2.36. The number of anilines is 1. The van der Waals surface area contributed by atoms with Gasteiger partial charge in [0.1, 0.15) is 17.9 Å². The molecule has 0 radical (unpaired) electrons. The van der Waals surface area contributed by atoms with Gasteiger partial charge in [-0.05, 0) is 23.3 Å². The van der Waals surface area contributed by atoms with Crippen molar-refractivity contribution in [2.24, 2.45) is 0 Å². The highest BCUT2D eigenvalue weighted by atomic mass is 16.5. The maximum absolute atomic E-state index is 12.7. The number of carbonyl (C=O) groups excluding carboxylic acids is 1. The minimum Gasteiger partial charge on any atom is -0.497 e. The highest BCUT2D eigenvalue weighted by Crippen LogP contribution is 2.32. The van der Waals surface area contributed by atoms with Crippen LogP contribution in [0.25, 0.3) is 16.9 Å². The Bertz CT molecular complexity index is 1230. The molecule has 9 heteroatoms. The van der Waals surface area contributed by atoms with Crippen LogP contribution in [0.2, 0.25) is 0 Å². The van der Waals surface area contributed by atoms with Crippen LogP contribution >= 0.6 is 0 Å². The predicted molar refractivity (Wildman–Crippen MR) is 125 cm³/mol. The number of amides is 2. The maximum Gasteiger partial charge on any atom is 0.317 e. The lowest BCUT2D eigenvalue weighted by Crippen LogP contribution is -2.52. The van der Waals surface area contributed by atoms with Crippen LogP contribution < -0.4 is 15.0 Å². The van der Waals surface area contributed by atoms with Crippen molar-refractivity contribution < 1.29 is 9.53 Å². The molecule has 4 aromatic rings. The van der Waals surface area contributed by atoms with Crippen molar-refractivity contribution >= 4 is 17.6 Å². The van der Waals surface area contributed by atoms with Gasteiger partial charge < -0.3 is 19.9 Å². The number of benzene rings is 2. The normalized spacial score (nSPS) is 13.8. The number of hydrogen-bond donors (Lipinski definition) is 1. The zero-order valence-corrected chi connectivity index (χ0v) is 18.4. The van der Waals surface area contributed by atoms with Gasteiger partial charge >= 0.3 is 6.03 Å². The zero-order chi connectivity index (χ0) is 22.6. The van der Waals surface area contributed by atoms with Gasteiger partial charge in [0.05, 0.1) is 7.11 Å². The molecule has 33 heavy (non-hydrogen) atoms. The molecule has 1 aliphatic rings. The Balaban J connectivity index is 1.33. The van der Waals surface area contributed by atoms with E-state index in [1.165, 1.54) is 6.33 Å². The largest absolute Gasteiger partial charge is 0.497 e.